The summed E-state index contributed by atoms with van der Waals surface area (Å²) in [6.07, 6.45) is 0. The number of urea groups is 1. The SMILES string of the molecule is Nc1cccc(C2(c3ccccc3)NC(=O)NC2(c2ccccc2)c2ccccc2)c1N. The summed E-state index contributed by atoms with van der Waals surface area (Å²) in [5.41, 5.74) is 15.2. The Labute approximate surface area is 187 Å². The van der Waals surface area contributed by atoms with Gasteiger partial charge in [-0.1, -0.05) is 103 Å². The van der Waals surface area contributed by atoms with E-state index >= 15 is 0 Å². The molecule has 4 aromatic rings. The molecule has 6 N–H and O–H groups in total. The van der Waals surface area contributed by atoms with Crippen LogP contribution in [0.3, 0.4) is 0 Å². The minimum atomic E-state index is -1.06. The van der Waals surface area contributed by atoms with Gasteiger partial charge < -0.3 is 22.1 Å². The van der Waals surface area contributed by atoms with E-state index in [9.17, 15) is 4.79 Å². The van der Waals surface area contributed by atoms with Crippen LogP contribution in [0.2, 0.25) is 0 Å². The number of anilines is 2. The molecule has 0 radical (unpaired) electrons. The van der Waals surface area contributed by atoms with Crippen molar-refractivity contribution in [2.45, 2.75) is 11.1 Å². The minimum Gasteiger partial charge on any atom is -0.397 e. The molecule has 0 aliphatic carbocycles. The lowest BCUT2D eigenvalue weighted by atomic mass is 9.62. The highest BCUT2D eigenvalue weighted by Crippen LogP contribution is 2.53. The van der Waals surface area contributed by atoms with Crippen molar-refractivity contribution in [3.05, 3.63) is 131 Å². The third-order valence-corrected chi connectivity index (χ3v) is 6.33. The lowest BCUT2D eigenvalue weighted by Crippen LogP contribution is -2.57. The predicted octanol–water partition coefficient (Wildman–Crippen LogP) is 4.35. The van der Waals surface area contributed by atoms with Crippen molar-refractivity contribution < 1.29 is 4.79 Å². The largest absolute Gasteiger partial charge is 0.397 e. The summed E-state index contributed by atoms with van der Waals surface area (Å²) >= 11 is 0. The molecule has 1 unspecified atom stereocenters. The fourth-order valence-electron chi connectivity index (χ4n) is 4.99. The van der Waals surface area contributed by atoms with Crippen LogP contribution in [0.1, 0.15) is 22.3 Å². The van der Waals surface area contributed by atoms with Crippen molar-refractivity contribution in [3.8, 4) is 0 Å². The lowest BCUT2D eigenvalue weighted by Gasteiger charge is -2.46. The molecule has 1 aliphatic heterocycles. The first-order valence-electron chi connectivity index (χ1n) is 10.5. The van der Waals surface area contributed by atoms with Crippen LogP contribution in [0.5, 0.6) is 0 Å². The second-order valence-electron chi connectivity index (χ2n) is 7.99. The molecule has 5 rings (SSSR count). The van der Waals surface area contributed by atoms with Gasteiger partial charge in [0.05, 0.1) is 11.4 Å². The number of rotatable bonds is 4. The first kappa shape index (κ1) is 19.7. The molecule has 32 heavy (non-hydrogen) atoms. The van der Waals surface area contributed by atoms with Gasteiger partial charge in [-0.15, -0.1) is 0 Å². The predicted molar refractivity (Wildman–Crippen MR) is 128 cm³/mol. The van der Waals surface area contributed by atoms with Gasteiger partial charge in [-0.25, -0.2) is 4.79 Å². The van der Waals surface area contributed by atoms with Crippen molar-refractivity contribution in [1.82, 2.24) is 10.6 Å². The number of nitrogens with one attached hydrogen (secondary N) is 2. The van der Waals surface area contributed by atoms with Crippen molar-refractivity contribution in [3.63, 3.8) is 0 Å². The first-order chi connectivity index (χ1) is 15.6. The minimum absolute atomic E-state index is 0.289. The quantitative estimate of drug-likeness (QED) is 0.370. The average molecular weight is 421 g/mol. The Balaban J connectivity index is 1.98. The van der Waals surface area contributed by atoms with Gasteiger partial charge in [-0.2, -0.15) is 0 Å². The third kappa shape index (κ3) is 2.68. The topological polar surface area (TPSA) is 93.2 Å². The number of nitrogens with two attached hydrogens (primary N) is 2. The standard InChI is InChI=1S/C27H24N4O/c28-23-18-10-17-22(24(23)29)27(21-15-8-3-9-16-21)26(30-25(32)31-27,19-11-4-1-5-12-19)20-13-6-2-7-14-20/h1-18H,28-29H2,(H2,30,31,32). The summed E-state index contributed by atoms with van der Waals surface area (Å²) in [4.78, 5) is 13.3. The molecule has 1 atom stereocenters. The first-order valence-corrected chi connectivity index (χ1v) is 10.5. The summed E-state index contributed by atoms with van der Waals surface area (Å²) in [6.45, 7) is 0. The highest BCUT2D eigenvalue weighted by atomic mass is 16.2. The fraction of sp³-hybridized carbons (Fsp3) is 0.0741. The van der Waals surface area contributed by atoms with E-state index in [1.807, 2.05) is 103 Å². The molecule has 0 saturated carbocycles. The third-order valence-electron chi connectivity index (χ3n) is 6.33. The molecule has 1 heterocycles. The van der Waals surface area contributed by atoms with E-state index in [1.165, 1.54) is 0 Å². The van der Waals surface area contributed by atoms with Gasteiger partial charge in [0.15, 0.2) is 0 Å². The molecule has 0 aromatic heterocycles. The Morgan fingerprint density at radius 1 is 0.531 bits per heavy atom. The number of benzene rings is 4. The summed E-state index contributed by atoms with van der Waals surface area (Å²) in [7, 11) is 0. The second kappa shape index (κ2) is 7.46. The number of para-hydroxylation sites is 1. The zero-order valence-corrected chi connectivity index (χ0v) is 17.5. The fourth-order valence-corrected chi connectivity index (χ4v) is 4.99. The van der Waals surface area contributed by atoms with E-state index < -0.39 is 11.1 Å². The van der Waals surface area contributed by atoms with Gasteiger partial charge >= 0.3 is 6.03 Å². The average Bonchev–Trinajstić information content (AvgIpc) is 3.17. The van der Waals surface area contributed by atoms with Crippen molar-refractivity contribution in [1.29, 1.82) is 0 Å². The molecule has 1 fully saturated rings. The molecule has 1 saturated heterocycles. The molecule has 4 aromatic carbocycles. The molecule has 5 nitrogen and oxygen atoms in total. The zero-order valence-electron chi connectivity index (χ0n) is 17.5. The van der Waals surface area contributed by atoms with Gasteiger partial charge in [0.25, 0.3) is 0 Å². The van der Waals surface area contributed by atoms with E-state index in [4.69, 9.17) is 11.5 Å². The monoisotopic (exact) mass is 420 g/mol. The molecule has 158 valence electrons. The highest BCUT2D eigenvalue weighted by molar-refractivity contribution is 5.86. The number of carbonyl (C=O) groups is 1. The van der Waals surface area contributed by atoms with Crippen LogP contribution >= 0.6 is 0 Å². The van der Waals surface area contributed by atoms with E-state index in [1.54, 1.807) is 6.07 Å². The van der Waals surface area contributed by atoms with E-state index in [2.05, 4.69) is 10.6 Å². The van der Waals surface area contributed by atoms with Gasteiger partial charge in [0, 0.05) is 5.56 Å². The van der Waals surface area contributed by atoms with Crippen LogP contribution in [0.15, 0.2) is 109 Å². The number of amides is 2. The summed E-state index contributed by atoms with van der Waals surface area (Å²) < 4.78 is 0. The molecule has 0 bridgehead atoms. The van der Waals surface area contributed by atoms with Crippen LogP contribution < -0.4 is 22.1 Å². The Hall–Kier alpha value is -4.25. The maximum atomic E-state index is 13.3. The number of carbonyl (C=O) groups excluding carboxylic acids is 1. The molecule has 1 aliphatic rings. The Morgan fingerprint density at radius 2 is 0.969 bits per heavy atom. The zero-order chi connectivity index (χ0) is 22.2. The molecule has 5 heteroatoms. The maximum absolute atomic E-state index is 13.3. The highest BCUT2D eigenvalue weighted by Gasteiger charge is 2.62. The summed E-state index contributed by atoms with van der Waals surface area (Å²) in [5.74, 6) is 0. The summed E-state index contributed by atoms with van der Waals surface area (Å²) in [6, 6.07) is 35.1. The van der Waals surface area contributed by atoms with E-state index in [-0.39, 0.29) is 6.03 Å². The number of hydrogen-bond acceptors (Lipinski definition) is 3. The van der Waals surface area contributed by atoms with Crippen molar-refractivity contribution in [2.75, 3.05) is 11.5 Å². The summed E-state index contributed by atoms with van der Waals surface area (Å²) in [5, 5.41) is 6.56. The Morgan fingerprint density at radius 3 is 1.47 bits per heavy atom. The van der Waals surface area contributed by atoms with E-state index in [0.29, 0.717) is 11.4 Å². The van der Waals surface area contributed by atoms with Crippen LogP contribution in [0, 0.1) is 0 Å². The van der Waals surface area contributed by atoms with Crippen LogP contribution in [0.4, 0.5) is 16.2 Å². The smallest absolute Gasteiger partial charge is 0.316 e. The Kier molecular flexibility index (Phi) is 4.59. The van der Waals surface area contributed by atoms with Gasteiger partial charge in [0.1, 0.15) is 11.1 Å². The molecule has 0 spiro atoms. The second-order valence-corrected chi connectivity index (χ2v) is 7.99. The molecular formula is C27H24N4O. The van der Waals surface area contributed by atoms with Crippen LogP contribution in [0.25, 0.3) is 0 Å². The van der Waals surface area contributed by atoms with E-state index in [0.717, 1.165) is 22.3 Å². The maximum Gasteiger partial charge on any atom is 0.316 e. The Bertz CT molecular complexity index is 1220. The van der Waals surface area contributed by atoms with Crippen molar-refractivity contribution >= 4 is 17.4 Å². The number of nitrogen functional groups attached to an aromatic ring is 2. The van der Waals surface area contributed by atoms with Crippen LogP contribution in [-0.2, 0) is 11.1 Å². The van der Waals surface area contributed by atoms with Gasteiger partial charge in [0.2, 0.25) is 0 Å². The molecule has 2 amide bonds. The van der Waals surface area contributed by atoms with Crippen molar-refractivity contribution in [2.24, 2.45) is 0 Å². The lowest BCUT2D eigenvalue weighted by molar-refractivity contribution is 0.245. The number of hydrogen-bond donors (Lipinski definition) is 4. The van der Waals surface area contributed by atoms with Crippen LogP contribution in [-0.4, -0.2) is 6.03 Å². The van der Waals surface area contributed by atoms with Gasteiger partial charge in [-0.3, -0.25) is 0 Å². The normalized spacial score (nSPS) is 19.2. The van der Waals surface area contributed by atoms with Gasteiger partial charge in [-0.05, 0) is 22.8 Å². The molecular weight excluding hydrogens is 396 g/mol.